The highest BCUT2D eigenvalue weighted by Crippen LogP contribution is 2.37. The summed E-state index contributed by atoms with van der Waals surface area (Å²) in [6.45, 7) is 0.777. The second-order valence-electron chi connectivity index (χ2n) is 7.66. The number of alkyl halides is 6. The van der Waals surface area contributed by atoms with Gasteiger partial charge in [0.25, 0.3) is 0 Å². The molecule has 1 unspecified atom stereocenters. The van der Waals surface area contributed by atoms with Crippen LogP contribution in [0.1, 0.15) is 16.7 Å². The van der Waals surface area contributed by atoms with Gasteiger partial charge in [0.05, 0.1) is 18.2 Å². The van der Waals surface area contributed by atoms with E-state index in [4.69, 9.17) is 4.74 Å². The number of benzene rings is 1. The number of urea groups is 1. The predicted octanol–water partition coefficient (Wildman–Crippen LogP) is 4.18. The maximum atomic E-state index is 13.2. The number of thiazole rings is 1. The van der Waals surface area contributed by atoms with E-state index in [1.807, 2.05) is 0 Å². The van der Waals surface area contributed by atoms with Gasteiger partial charge < -0.3 is 15.0 Å². The van der Waals surface area contributed by atoms with Gasteiger partial charge in [-0.05, 0) is 30.2 Å². The zero-order valence-electron chi connectivity index (χ0n) is 18.0. The number of fused-ring (bicyclic) bond motifs is 1. The molecule has 1 fully saturated rings. The molecule has 2 N–H and O–H groups in total. The number of amides is 2. The van der Waals surface area contributed by atoms with E-state index in [-0.39, 0.29) is 42.2 Å². The van der Waals surface area contributed by atoms with Gasteiger partial charge in [0, 0.05) is 25.7 Å². The van der Waals surface area contributed by atoms with E-state index >= 15 is 0 Å². The van der Waals surface area contributed by atoms with Crippen molar-refractivity contribution in [3.8, 4) is 5.88 Å². The summed E-state index contributed by atoms with van der Waals surface area (Å²) in [6, 6.07) is 0.149. The van der Waals surface area contributed by atoms with Crippen LogP contribution < -0.4 is 15.4 Å². The van der Waals surface area contributed by atoms with Gasteiger partial charge in [-0.3, -0.25) is 5.32 Å². The van der Waals surface area contributed by atoms with Crippen LogP contribution in [0.15, 0.2) is 24.5 Å². The Morgan fingerprint density at radius 2 is 1.86 bits per heavy atom. The molecule has 1 aliphatic heterocycles. The highest BCUT2D eigenvalue weighted by molar-refractivity contribution is 7.22. The van der Waals surface area contributed by atoms with Crippen LogP contribution in [0.4, 0.5) is 36.3 Å². The maximum Gasteiger partial charge on any atom is 0.416 e. The van der Waals surface area contributed by atoms with Gasteiger partial charge in [-0.15, -0.1) is 0 Å². The van der Waals surface area contributed by atoms with Crippen molar-refractivity contribution in [2.24, 2.45) is 0 Å². The van der Waals surface area contributed by atoms with E-state index in [0.717, 1.165) is 11.3 Å². The number of piperazine rings is 1. The topological polar surface area (TPSA) is 92.3 Å². The Hall–Kier alpha value is -3.20. The number of aromatic nitrogens is 3. The summed E-state index contributed by atoms with van der Waals surface area (Å²) in [7, 11) is 1.41. The summed E-state index contributed by atoms with van der Waals surface area (Å²) in [5.41, 5.74) is -2.63. The molecule has 3 heterocycles. The summed E-state index contributed by atoms with van der Waals surface area (Å²) in [5.74, 6) is 0.219. The predicted molar refractivity (Wildman–Crippen MR) is 114 cm³/mol. The largest absolute Gasteiger partial charge is 0.479 e. The second kappa shape index (κ2) is 9.45. The van der Waals surface area contributed by atoms with Crippen molar-refractivity contribution in [2.75, 3.05) is 32.1 Å². The first-order chi connectivity index (χ1) is 16.5. The van der Waals surface area contributed by atoms with E-state index in [9.17, 15) is 31.1 Å². The van der Waals surface area contributed by atoms with Crippen LogP contribution in [0, 0.1) is 0 Å². The van der Waals surface area contributed by atoms with Gasteiger partial charge in [-0.25, -0.2) is 14.8 Å². The molecule has 2 amide bonds. The van der Waals surface area contributed by atoms with E-state index in [1.54, 1.807) is 0 Å². The van der Waals surface area contributed by atoms with E-state index < -0.39 is 35.6 Å². The number of hydrogen-bond acceptors (Lipinski definition) is 7. The number of anilines is 1. The number of methoxy groups -OCH3 is 1. The fourth-order valence-electron chi connectivity index (χ4n) is 3.72. The summed E-state index contributed by atoms with van der Waals surface area (Å²) in [4.78, 5) is 27.1. The first kappa shape index (κ1) is 24.9. The quantitative estimate of drug-likeness (QED) is 0.502. The summed E-state index contributed by atoms with van der Waals surface area (Å²) < 4.78 is 84.5. The van der Waals surface area contributed by atoms with Crippen LogP contribution in [0.5, 0.6) is 5.88 Å². The lowest BCUT2D eigenvalue weighted by Crippen LogP contribution is -2.55. The van der Waals surface area contributed by atoms with Crippen molar-refractivity contribution in [1.82, 2.24) is 25.2 Å². The van der Waals surface area contributed by atoms with Crippen LogP contribution in [-0.2, 0) is 18.8 Å². The van der Waals surface area contributed by atoms with Crippen molar-refractivity contribution in [1.29, 1.82) is 0 Å². The van der Waals surface area contributed by atoms with Crippen molar-refractivity contribution >= 4 is 32.8 Å². The van der Waals surface area contributed by atoms with Crippen LogP contribution in [-0.4, -0.2) is 58.7 Å². The highest BCUT2D eigenvalue weighted by atomic mass is 32.1. The molecule has 1 saturated heterocycles. The molecule has 35 heavy (non-hydrogen) atoms. The number of carbonyl (C=O) groups is 1. The molecule has 0 saturated carbocycles. The van der Waals surface area contributed by atoms with E-state index in [1.165, 1.54) is 18.3 Å². The number of nitrogens with one attached hydrogen (secondary N) is 2. The molecule has 0 radical (unpaired) electrons. The third-order valence-electron chi connectivity index (χ3n) is 5.30. The van der Waals surface area contributed by atoms with Gasteiger partial charge in [-0.1, -0.05) is 11.3 Å². The summed E-state index contributed by atoms with van der Waals surface area (Å²) in [6.07, 6.45) is -8.84. The number of rotatable bonds is 4. The molecule has 3 aromatic rings. The summed E-state index contributed by atoms with van der Waals surface area (Å²) in [5, 5.41) is 5.83. The molecular formula is C20H18F6N6O2S. The average molecular weight is 520 g/mol. The molecular weight excluding hydrogens is 502 g/mol. The van der Waals surface area contributed by atoms with Crippen molar-refractivity contribution in [3.63, 3.8) is 0 Å². The smallest absolute Gasteiger partial charge is 0.416 e. The van der Waals surface area contributed by atoms with E-state index in [0.29, 0.717) is 29.0 Å². The SMILES string of the molecule is COc1ncnc2sc(NC(=O)N3CCNCC3Cc3cc(C(F)(F)F)cc(C(F)(F)F)c3)nc12. The van der Waals surface area contributed by atoms with Gasteiger partial charge >= 0.3 is 18.4 Å². The third kappa shape index (κ3) is 5.56. The first-order valence-corrected chi connectivity index (χ1v) is 11.0. The van der Waals surface area contributed by atoms with Gasteiger partial charge in [0.15, 0.2) is 15.5 Å². The fourth-order valence-corrected chi connectivity index (χ4v) is 4.51. The van der Waals surface area contributed by atoms with Crippen molar-refractivity contribution < 1.29 is 35.9 Å². The number of ether oxygens (including phenoxy) is 1. The number of halogens is 6. The molecule has 1 aliphatic rings. The van der Waals surface area contributed by atoms with Crippen LogP contribution in [0.25, 0.3) is 10.3 Å². The van der Waals surface area contributed by atoms with Gasteiger partial charge in [-0.2, -0.15) is 31.3 Å². The number of nitrogens with zero attached hydrogens (tertiary/aromatic N) is 4. The zero-order valence-corrected chi connectivity index (χ0v) is 18.8. The number of hydrogen-bond donors (Lipinski definition) is 2. The van der Waals surface area contributed by atoms with Crippen LogP contribution >= 0.6 is 11.3 Å². The minimum atomic E-state index is -4.95. The Morgan fingerprint density at radius 3 is 2.49 bits per heavy atom. The Morgan fingerprint density at radius 1 is 1.17 bits per heavy atom. The highest BCUT2D eigenvalue weighted by Gasteiger charge is 2.37. The molecule has 4 rings (SSSR count). The Balaban J connectivity index is 1.57. The van der Waals surface area contributed by atoms with E-state index in [2.05, 4.69) is 25.6 Å². The molecule has 2 aromatic heterocycles. The second-order valence-corrected chi connectivity index (χ2v) is 8.63. The Kier molecular flexibility index (Phi) is 6.73. The fraction of sp³-hybridized carbons (Fsp3) is 0.400. The van der Waals surface area contributed by atoms with Gasteiger partial charge in [0.1, 0.15) is 6.33 Å². The summed E-state index contributed by atoms with van der Waals surface area (Å²) >= 11 is 1.07. The normalized spacial score (nSPS) is 17.0. The molecule has 1 aromatic carbocycles. The number of carbonyl (C=O) groups excluding carboxylic acids is 1. The lowest BCUT2D eigenvalue weighted by atomic mass is 9.98. The minimum Gasteiger partial charge on any atom is -0.479 e. The zero-order chi connectivity index (χ0) is 25.4. The van der Waals surface area contributed by atoms with Crippen LogP contribution in [0.3, 0.4) is 0 Å². The average Bonchev–Trinajstić information content (AvgIpc) is 3.20. The molecule has 0 aliphatic carbocycles. The standard InChI is InChI=1S/C20H18F6N6O2S/c1-34-15-14-16(29-9-28-15)35-17(30-14)31-18(33)32-3-2-27-8-13(32)6-10-4-11(19(21,22)23)7-12(5-10)20(24,25)26/h4-5,7,9,13,27H,2-3,6,8H2,1H3,(H,30,31,33). The molecule has 1 atom stereocenters. The Labute approximate surface area is 198 Å². The molecule has 15 heteroatoms. The molecule has 0 bridgehead atoms. The van der Waals surface area contributed by atoms with Gasteiger partial charge in [0.2, 0.25) is 5.88 Å². The first-order valence-electron chi connectivity index (χ1n) is 10.2. The van der Waals surface area contributed by atoms with Crippen molar-refractivity contribution in [2.45, 2.75) is 24.8 Å². The van der Waals surface area contributed by atoms with Crippen molar-refractivity contribution in [3.05, 3.63) is 41.2 Å². The Bertz CT molecular complexity index is 1200. The lowest BCUT2D eigenvalue weighted by molar-refractivity contribution is -0.143. The minimum absolute atomic E-state index is 0.0807. The molecule has 0 spiro atoms. The van der Waals surface area contributed by atoms with Crippen LogP contribution in [0.2, 0.25) is 0 Å². The molecule has 8 nitrogen and oxygen atoms in total. The monoisotopic (exact) mass is 520 g/mol. The third-order valence-corrected chi connectivity index (χ3v) is 6.18. The maximum absolute atomic E-state index is 13.2. The lowest BCUT2D eigenvalue weighted by Gasteiger charge is -2.36. The molecule has 188 valence electrons.